The first-order chi connectivity index (χ1) is 20.7. The molecule has 0 aliphatic rings. The summed E-state index contributed by atoms with van der Waals surface area (Å²) in [7, 11) is -2.00. The number of amides is 1. The summed E-state index contributed by atoms with van der Waals surface area (Å²) in [5.41, 5.74) is 2.82. The number of benzene rings is 4. The van der Waals surface area contributed by atoms with E-state index in [0.717, 1.165) is 11.1 Å². The van der Waals surface area contributed by atoms with Crippen LogP contribution in [0.25, 0.3) is 10.9 Å². The fourth-order valence-electron chi connectivity index (χ4n) is 4.87. The van der Waals surface area contributed by atoms with E-state index >= 15 is 0 Å². The number of aryl methyl sites for hydroxylation is 1. The second kappa shape index (κ2) is 13.0. The van der Waals surface area contributed by atoms with Crippen molar-refractivity contribution in [2.24, 2.45) is 0 Å². The molecule has 43 heavy (non-hydrogen) atoms. The van der Waals surface area contributed by atoms with Gasteiger partial charge >= 0.3 is 5.63 Å². The van der Waals surface area contributed by atoms with Crippen LogP contribution in [-0.2, 0) is 34.3 Å². The molecule has 0 unspecified atom stereocenters. The van der Waals surface area contributed by atoms with Crippen LogP contribution in [0.3, 0.4) is 0 Å². The van der Waals surface area contributed by atoms with Gasteiger partial charge in [0.2, 0.25) is 15.9 Å². The molecule has 0 saturated carbocycles. The van der Waals surface area contributed by atoms with Gasteiger partial charge in [0.05, 0.1) is 15.8 Å². The van der Waals surface area contributed by atoms with Crippen molar-refractivity contribution in [3.05, 3.63) is 136 Å². The second-order valence-corrected chi connectivity index (χ2v) is 12.0. The maximum absolute atomic E-state index is 13.6. The van der Waals surface area contributed by atoms with E-state index in [1.54, 1.807) is 49.2 Å². The Balaban J connectivity index is 1.39. The summed E-state index contributed by atoms with van der Waals surface area (Å²) in [4.78, 5) is 33.1. The van der Waals surface area contributed by atoms with Crippen LogP contribution in [0.15, 0.2) is 117 Å². The highest BCUT2D eigenvalue weighted by molar-refractivity contribution is 7.89. The summed E-state index contributed by atoms with van der Waals surface area (Å²) in [6.07, 6.45) is 0.349. The van der Waals surface area contributed by atoms with Gasteiger partial charge in [-0.25, -0.2) is 17.9 Å². The van der Waals surface area contributed by atoms with Crippen LogP contribution in [0.4, 0.5) is 6.01 Å². The van der Waals surface area contributed by atoms with E-state index in [0.29, 0.717) is 29.6 Å². The molecule has 9 nitrogen and oxygen atoms in total. The van der Waals surface area contributed by atoms with Gasteiger partial charge in [-0.1, -0.05) is 84.9 Å². The molecule has 4 aromatic carbocycles. The Bertz CT molecular complexity index is 1880. The molecule has 5 aromatic rings. The van der Waals surface area contributed by atoms with Crippen molar-refractivity contribution >= 4 is 32.8 Å². The number of hydrogen-bond acceptors (Lipinski definition) is 7. The molecule has 1 heterocycles. The van der Waals surface area contributed by atoms with Crippen LogP contribution in [0.2, 0.25) is 0 Å². The third-order valence-electron chi connectivity index (χ3n) is 7.19. The van der Waals surface area contributed by atoms with E-state index in [1.807, 2.05) is 60.7 Å². The summed E-state index contributed by atoms with van der Waals surface area (Å²) in [5, 5.41) is 3.31. The van der Waals surface area contributed by atoms with Crippen molar-refractivity contribution in [2.45, 2.75) is 37.4 Å². The zero-order chi connectivity index (χ0) is 30.4. The number of likely N-dealkylation sites (N-methyl/N-ethyl adjacent to an activating group) is 1. The highest BCUT2D eigenvalue weighted by Gasteiger charge is 2.25. The van der Waals surface area contributed by atoms with E-state index in [9.17, 15) is 18.0 Å². The molecule has 0 spiro atoms. The molecule has 1 amide bonds. The number of nitrogens with one attached hydrogen (secondary N) is 2. The average molecular weight is 597 g/mol. The third-order valence-corrected chi connectivity index (χ3v) is 8.61. The van der Waals surface area contributed by atoms with Crippen molar-refractivity contribution in [3.63, 3.8) is 0 Å². The third kappa shape index (κ3) is 7.17. The highest BCUT2D eigenvalue weighted by Crippen LogP contribution is 2.21. The van der Waals surface area contributed by atoms with Gasteiger partial charge in [0, 0.05) is 26.6 Å². The Morgan fingerprint density at radius 3 is 2.14 bits per heavy atom. The lowest BCUT2D eigenvalue weighted by Crippen LogP contribution is -2.42. The van der Waals surface area contributed by atoms with Crippen molar-refractivity contribution in [1.82, 2.24) is 14.6 Å². The fraction of sp³-hybridized carbons (Fsp3) is 0.182. The maximum Gasteiger partial charge on any atom is 0.348 e. The molecule has 2 N–H and O–H groups in total. The summed E-state index contributed by atoms with van der Waals surface area (Å²) in [6.45, 7) is 2.12. The fourth-order valence-corrected chi connectivity index (χ4v) is 5.90. The van der Waals surface area contributed by atoms with Crippen LogP contribution < -0.4 is 15.7 Å². The van der Waals surface area contributed by atoms with E-state index < -0.39 is 21.7 Å². The molecular weight excluding hydrogens is 564 g/mol. The Kier molecular flexibility index (Phi) is 8.98. The normalized spacial score (nSPS) is 12.1. The summed E-state index contributed by atoms with van der Waals surface area (Å²) < 4.78 is 33.5. The first kappa shape index (κ1) is 29.7. The molecule has 0 fully saturated rings. The van der Waals surface area contributed by atoms with Gasteiger partial charge in [-0.05, 0) is 47.4 Å². The number of nitrogens with zero attached hydrogens (tertiary/aromatic N) is 2. The van der Waals surface area contributed by atoms with Crippen LogP contribution >= 0.6 is 0 Å². The summed E-state index contributed by atoms with van der Waals surface area (Å²) in [6, 6.07) is 29.9. The topological polar surface area (TPSA) is 122 Å². The first-order valence-electron chi connectivity index (χ1n) is 13.8. The van der Waals surface area contributed by atoms with Gasteiger partial charge < -0.3 is 14.6 Å². The number of carbonyl (C=O) groups excluding carboxylic acids is 1. The van der Waals surface area contributed by atoms with Crippen molar-refractivity contribution in [2.75, 3.05) is 12.4 Å². The summed E-state index contributed by atoms with van der Waals surface area (Å²) in [5.74, 6) is -0.186. The maximum atomic E-state index is 13.6. The number of carbonyl (C=O) groups is 1. The quantitative estimate of drug-likeness (QED) is 0.228. The Hall–Kier alpha value is -4.80. The molecule has 220 valence electrons. The number of aromatic nitrogens is 1. The molecule has 1 atom stereocenters. The molecule has 0 radical (unpaired) electrons. The lowest BCUT2D eigenvalue weighted by molar-refractivity contribution is -0.131. The van der Waals surface area contributed by atoms with Crippen molar-refractivity contribution in [1.29, 1.82) is 0 Å². The predicted molar refractivity (Wildman–Crippen MR) is 166 cm³/mol. The van der Waals surface area contributed by atoms with E-state index in [2.05, 4.69) is 15.0 Å². The molecule has 0 aliphatic carbocycles. The van der Waals surface area contributed by atoms with Crippen LogP contribution in [0.1, 0.15) is 22.3 Å². The number of rotatable bonds is 11. The lowest BCUT2D eigenvalue weighted by atomic mass is 10.0. The number of anilines is 1. The van der Waals surface area contributed by atoms with Crippen LogP contribution in [0, 0.1) is 6.92 Å². The molecule has 10 heteroatoms. The van der Waals surface area contributed by atoms with Gasteiger partial charge in [-0.2, -0.15) is 4.98 Å². The molecule has 0 saturated heterocycles. The minimum atomic E-state index is -3.73. The van der Waals surface area contributed by atoms with Gasteiger partial charge in [0.25, 0.3) is 6.01 Å². The molecular formula is C33H32N4O5S. The zero-order valence-electron chi connectivity index (χ0n) is 23.9. The predicted octanol–water partition coefficient (Wildman–Crippen LogP) is 4.66. The number of hydrogen-bond donors (Lipinski definition) is 2. The van der Waals surface area contributed by atoms with E-state index in [4.69, 9.17) is 4.42 Å². The van der Waals surface area contributed by atoms with Crippen LogP contribution in [0.5, 0.6) is 0 Å². The standard InChI is InChI=1S/C33H32N4O5S/c1-23-26(21-34-43(40,41)27-16-10-5-11-17-27)18-19-28-30(23)32(39)42-33(35-28)36-29(20-24-12-6-3-7-13-24)31(38)37(2)22-25-14-8-4-9-15-25/h3-19,29,34H,20-22H2,1-2H3,(H,35,36)/t29-/m0/s1. The average Bonchev–Trinajstić information content (AvgIpc) is 3.01. The van der Waals surface area contributed by atoms with Gasteiger partial charge in [-0.15, -0.1) is 0 Å². The Morgan fingerprint density at radius 2 is 1.49 bits per heavy atom. The Labute approximate surface area is 250 Å². The zero-order valence-corrected chi connectivity index (χ0v) is 24.7. The van der Waals surface area contributed by atoms with Gasteiger partial charge in [0.15, 0.2) is 0 Å². The van der Waals surface area contributed by atoms with Gasteiger partial charge in [0.1, 0.15) is 6.04 Å². The van der Waals surface area contributed by atoms with Crippen molar-refractivity contribution < 1.29 is 17.6 Å². The largest absolute Gasteiger partial charge is 0.389 e. The molecule has 0 aliphatic heterocycles. The van der Waals surface area contributed by atoms with E-state index in [1.165, 1.54) is 12.1 Å². The Morgan fingerprint density at radius 1 is 0.884 bits per heavy atom. The van der Waals surface area contributed by atoms with Gasteiger partial charge in [-0.3, -0.25) is 4.79 Å². The highest BCUT2D eigenvalue weighted by atomic mass is 32.2. The van der Waals surface area contributed by atoms with E-state index in [-0.39, 0.29) is 28.7 Å². The first-order valence-corrected chi connectivity index (χ1v) is 15.3. The number of sulfonamides is 1. The minimum absolute atomic E-state index is 0.0140. The molecule has 1 aromatic heterocycles. The molecule has 5 rings (SSSR count). The smallest absolute Gasteiger partial charge is 0.348 e. The molecule has 0 bridgehead atoms. The monoisotopic (exact) mass is 596 g/mol. The number of fused-ring (bicyclic) bond motifs is 1. The second-order valence-electron chi connectivity index (χ2n) is 10.3. The lowest BCUT2D eigenvalue weighted by Gasteiger charge is -2.25. The van der Waals surface area contributed by atoms with Crippen molar-refractivity contribution in [3.8, 4) is 0 Å². The minimum Gasteiger partial charge on any atom is -0.389 e. The SMILES string of the molecule is Cc1c(CNS(=O)(=O)c2ccccc2)ccc2nc(N[C@@H](Cc3ccccc3)C(=O)N(C)Cc3ccccc3)oc(=O)c12. The van der Waals surface area contributed by atoms with Crippen LogP contribution in [-0.4, -0.2) is 37.3 Å². The summed E-state index contributed by atoms with van der Waals surface area (Å²) >= 11 is 0.